The fraction of sp³-hybridized carbons (Fsp3) is 0.357. The van der Waals surface area contributed by atoms with Crippen LogP contribution in [0.1, 0.15) is 32.0 Å². The van der Waals surface area contributed by atoms with Gasteiger partial charge in [0.2, 0.25) is 0 Å². The fourth-order valence-electron chi connectivity index (χ4n) is 1.69. The minimum atomic E-state index is 0.198. The zero-order chi connectivity index (χ0) is 11.8. The lowest BCUT2D eigenvalue weighted by atomic mass is 9.87. The summed E-state index contributed by atoms with van der Waals surface area (Å²) in [4.78, 5) is 0. The summed E-state index contributed by atoms with van der Waals surface area (Å²) in [6, 6.07) is 11.6. The van der Waals surface area contributed by atoms with Gasteiger partial charge in [-0.15, -0.1) is 0 Å². The highest BCUT2D eigenvalue weighted by atomic mass is 15.3. The van der Waals surface area contributed by atoms with E-state index in [1.807, 2.05) is 11.6 Å². The zero-order valence-corrected chi connectivity index (χ0v) is 10.3. The third kappa shape index (κ3) is 2.01. The molecule has 0 fully saturated rings. The van der Waals surface area contributed by atoms with Gasteiger partial charge in [0, 0.05) is 11.8 Å². The van der Waals surface area contributed by atoms with Crippen LogP contribution in [-0.2, 0) is 5.41 Å². The average Bonchev–Trinajstić information content (AvgIpc) is 2.63. The quantitative estimate of drug-likeness (QED) is 0.711. The smallest absolute Gasteiger partial charge is 0.0649 e. The van der Waals surface area contributed by atoms with Gasteiger partial charge in [0.05, 0.1) is 11.9 Å². The number of hydrogen-bond donors (Lipinski definition) is 0. The molecular formula is C14H17N2. The minimum absolute atomic E-state index is 0.198. The Hall–Kier alpha value is -1.57. The van der Waals surface area contributed by atoms with Crippen LogP contribution in [0.15, 0.2) is 30.5 Å². The molecule has 1 radical (unpaired) electrons. The van der Waals surface area contributed by atoms with Gasteiger partial charge in [-0.3, -0.25) is 0 Å². The number of hydrogen-bond acceptors (Lipinski definition) is 1. The molecule has 2 nitrogen and oxygen atoms in total. The van der Waals surface area contributed by atoms with E-state index in [0.717, 1.165) is 11.4 Å². The molecule has 0 saturated heterocycles. The Labute approximate surface area is 96.9 Å². The van der Waals surface area contributed by atoms with Crippen molar-refractivity contribution in [3.05, 3.63) is 47.8 Å². The van der Waals surface area contributed by atoms with Crippen LogP contribution >= 0.6 is 0 Å². The maximum absolute atomic E-state index is 4.24. The summed E-state index contributed by atoms with van der Waals surface area (Å²) in [5.74, 6) is 0. The first-order valence-electron chi connectivity index (χ1n) is 5.52. The Bertz CT molecular complexity index is 472. The van der Waals surface area contributed by atoms with Gasteiger partial charge in [0.15, 0.2) is 0 Å². The first-order valence-corrected chi connectivity index (χ1v) is 5.52. The molecule has 1 heterocycles. The maximum Gasteiger partial charge on any atom is 0.0649 e. The van der Waals surface area contributed by atoms with E-state index >= 15 is 0 Å². The number of nitrogens with zero attached hydrogens (tertiary/aromatic N) is 2. The van der Waals surface area contributed by atoms with E-state index in [9.17, 15) is 0 Å². The van der Waals surface area contributed by atoms with Crippen LogP contribution in [0.25, 0.3) is 5.69 Å². The van der Waals surface area contributed by atoms with Crippen LogP contribution < -0.4 is 0 Å². The first-order chi connectivity index (χ1) is 7.48. The Morgan fingerprint density at radius 1 is 1.12 bits per heavy atom. The van der Waals surface area contributed by atoms with Crippen molar-refractivity contribution in [2.75, 3.05) is 0 Å². The molecule has 1 aromatic carbocycles. The largest absolute Gasteiger partial charge is 0.237 e. The van der Waals surface area contributed by atoms with Gasteiger partial charge in [-0.25, -0.2) is 4.68 Å². The second kappa shape index (κ2) is 3.78. The Morgan fingerprint density at radius 2 is 1.75 bits per heavy atom. The van der Waals surface area contributed by atoms with Crippen LogP contribution in [-0.4, -0.2) is 9.78 Å². The van der Waals surface area contributed by atoms with Crippen LogP contribution in [0.2, 0.25) is 0 Å². The third-order valence-electron chi connectivity index (χ3n) is 2.74. The normalized spacial score (nSPS) is 11.8. The Kier molecular flexibility index (Phi) is 2.58. The molecule has 83 valence electrons. The summed E-state index contributed by atoms with van der Waals surface area (Å²) < 4.78 is 1.90. The molecule has 1 aromatic heterocycles. The van der Waals surface area contributed by atoms with E-state index in [1.54, 1.807) is 6.20 Å². The molecule has 0 N–H and O–H groups in total. The van der Waals surface area contributed by atoms with E-state index in [4.69, 9.17) is 0 Å². The van der Waals surface area contributed by atoms with Crippen molar-refractivity contribution >= 4 is 0 Å². The lowest BCUT2D eigenvalue weighted by Gasteiger charge is -2.19. The monoisotopic (exact) mass is 213 g/mol. The van der Waals surface area contributed by atoms with E-state index < -0.39 is 0 Å². The summed E-state index contributed by atoms with van der Waals surface area (Å²) in [6.07, 6.45) is 1.70. The molecule has 0 aliphatic rings. The second-order valence-electron chi connectivity index (χ2n) is 5.08. The molecule has 2 rings (SSSR count). The van der Waals surface area contributed by atoms with Gasteiger partial charge in [-0.2, -0.15) is 5.10 Å². The SMILES string of the molecule is Cc1[c]cnn1-c1ccc(C(C)(C)C)cc1. The van der Waals surface area contributed by atoms with E-state index in [0.29, 0.717) is 0 Å². The van der Waals surface area contributed by atoms with E-state index in [2.05, 4.69) is 56.2 Å². The molecule has 0 saturated carbocycles. The zero-order valence-electron chi connectivity index (χ0n) is 10.3. The molecule has 0 aliphatic heterocycles. The minimum Gasteiger partial charge on any atom is -0.237 e. The van der Waals surface area contributed by atoms with Gasteiger partial charge >= 0.3 is 0 Å². The maximum atomic E-state index is 4.24. The summed E-state index contributed by atoms with van der Waals surface area (Å²) in [7, 11) is 0. The van der Waals surface area contributed by atoms with Crippen molar-refractivity contribution < 1.29 is 0 Å². The number of aryl methyl sites for hydroxylation is 1. The number of rotatable bonds is 1. The Morgan fingerprint density at radius 3 is 2.19 bits per heavy atom. The van der Waals surface area contributed by atoms with Crippen molar-refractivity contribution in [2.24, 2.45) is 0 Å². The van der Waals surface area contributed by atoms with Gasteiger partial charge < -0.3 is 0 Å². The van der Waals surface area contributed by atoms with Gasteiger partial charge in [-0.1, -0.05) is 32.9 Å². The molecular weight excluding hydrogens is 196 g/mol. The van der Waals surface area contributed by atoms with Crippen LogP contribution in [0, 0.1) is 13.0 Å². The van der Waals surface area contributed by atoms with Gasteiger partial charge in [-0.05, 0) is 30.0 Å². The molecule has 0 amide bonds. The van der Waals surface area contributed by atoms with Crippen LogP contribution in [0.3, 0.4) is 0 Å². The van der Waals surface area contributed by atoms with Gasteiger partial charge in [0.25, 0.3) is 0 Å². The highest BCUT2D eigenvalue weighted by molar-refractivity contribution is 5.37. The molecule has 0 unspecified atom stereocenters. The van der Waals surface area contributed by atoms with Crippen LogP contribution in [0.5, 0.6) is 0 Å². The van der Waals surface area contributed by atoms with Gasteiger partial charge in [0.1, 0.15) is 0 Å². The lowest BCUT2D eigenvalue weighted by Crippen LogP contribution is -2.11. The summed E-state index contributed by atoms with van der Waals surface area (Å²) in [5.41, 5.74) is 3.66. The van der Waals surface area contributed by atoms with Crippen molar-refractivity contribution in [2.45, 2.75) is 33.1 Å². The second-order valence-corrected chi connectivity index (χ2v) is 5.08. The average molecular weight is 213 g/mol. The third-order valence-corrected chi connectivity index (χ3v) is 2.74. The number of aromatic nitrogens is 2. The number of benzene rings is 1. The summed E-state index contributed by atoms with van der Waals surface area (Å²) in [6.45, 7) is 8.66. The van der Waals surface area contributed by atoms with Crippen LogP contribution in [0.4, 0.5) is 0 Å². The molecule has 2 aromatic rings. The van der Waals surface area contributed by atoms with Crippen molar-refractivity contribution in [3.8, 4) is 5.69 Å². The summed E-state index contributed by atoms with van der Waals surface area (Å²) >= 11 is 0. The van der Waals surface area contributed by atoms with E-state index in [-0.39, 0.29) is 5.41 Å². The van der Waals surface area contributed by atoms with Crippen molar-refractivity contribution in [3.63, 3.8) is 0 Å². The molecule has 0 spiro atoms. The lowest BCUT2D eigenvalue weighted by molar-refractivity contribution is 0.590. The molecule has 2 heteroatoms. The van der Waals surface area contributed by atoms with Crippen molar-refractivity contribution in [1.29, 1.82) is 0 Å². The predicted molar refractivity (Wildman–Crippen MR) is 65.8 cm³/mol. The predicted octanol–water partition coefficient (Wildman–Crippen LogP) is 3.28. The fourth-order valence-corrected chi connectivity index (χ4v) is 1.69. The highest BCUT2D eigenvalue weighted by Crippen LogP contribution is 2.23. The topological polar surface area (TPSA) is 17.8 Å². The molecule has 0 aliphatic carbocycles. The molecule has 0 bridgehead atoms. The van der Waals surface area contributed by atoms with E-state index in [1.165, 1.54) is 5.56 Å². The Balaban J connectivity index is 2.37. The highest BCUT2D eigenvalue weighted by Gasteiger charge is 2.13. The molecule has 16 heavy (non-hydrogen) atoms. The summed E-state index contributed by atoms with van der Waals surface area (Å²) in [5, 5.41) is 4.24. The van der Waals surface area contributed by atoms with Crippen molar-refractivity contribution in [1.82, 2.24) is 9.78 Å². The molecule has 0 atom stereocenters. The first kappa shape index (κ1) is 10.9. The standard InChI is InChI=1S/C14H17N2/c1-11-9-10-15-16(11)13-7-5-12(6-8-13)14(2,3)4/h5-8,10H,1-4H3.